The molecule has 0 bridgehead atoms. The van der Waals surface area contributed by atoms with Crippen LogP contribution in [0.5, 0.6) is 34.5 Å². The van der Waals surface area contributed by atoms with Gasteiger partial charge in [0.25, 0.3) is 0 Å². The first kappa shape index (κ1) is 47.6. The molecule has 3 aromatic heterocycles. The lowest BCUT2D eigenvalue weighted by molar-refractivity contribution is -0.137. The third-order valence-corrected chi connectivity index (χ3v) is 10.2. The Labute approximate surface area is 396 Å². The molecular formula is C54H42F3N9O3. The molecule has 0 aliphatic rings. The number of rotatable bonds is 12. The summed E-state index contributed by atoms with van der Waals surface area (Å²) in [4.78, 5) is 12.0. The zero-order chi connectivity index (χ0) is 48.6. The van der Waals surface area contributed by atoms with Crippen molar-refractivity contribution < 1.29 is 27.4 Å². The molecule has 0 saturated carbocycles. The van der Waals surface area contributed by atoms with Gasteiger partial charge in [0, 0.05) is 56.8 Å². The van der Waals surface area contributed by atoms with E-state index in [0.29, 0.717) is 42.3 Å². The second-order valence-electron chi connectivity index (χ2n) is 15.4. The molecule has 15 heteroatoms. The summed E-state index contributed by atoms with van der Waals surface area (Å²) in [5.41, 5.74) is 5.58. The Morgan fingerprint density at radius 3 is 1.32 bits per heavy atom. The van der Waals surface area contributed by atoms with Gasteiger partial charge in [0.05, 0.1) is 41.2 Å². The van der Waals surface area contributed by atoms with E-state index in [-0.39, 0.29) is 17.1 Å². The lowest BCUT2D eigenvalue weighted by atomic mass is 10.1. The third kappa shape index (κ3) is 13.6. The quantitative estimate of drug-likeness (QED) is 0.116. The van der Waals surface area contributed by atoms with E-state index in [1.165, 1.54) is 12.1 Å². The fraction of sp³-hybridized carbons (Fsp3) is 0.111. The topological polar surface area (TPSA) is 153 Å². The highest BCUT2D eigenvalue weighted by Gasteiger charge is 2.30. The highest BCUT2D eigenvalue weighted by atomic mass is 19.4. The molecule has 0 amide bonds. The van der Waals surface area contributed by atoms with E-state index in [1.807, 2.05) is 119 Å². The van der Waals surface area contributed by atoms with Crippen LogP contribution < -0.4 is 14.2 Å². The number of alkyl halides is 3. The fourth-order valence-electron chi connectivity index (χ4n) is 6.76. The summed E-state index contributed by atoms with van der Waals surface area (Å²) in [6.45, 7) is 5.88. The number of benzene rings is 6. The van der Waals surface area contributed by atoms with Crippen molar-refractivity contribution in [2.24, 2.45) is 0 Å². The van der Waals surface area contributed by atoms with E-state index in [4.69, 9.17) is 14.2 Å². The second kappa shape index (κ2) is 22.7. The summed E-state index contributed by atoms with van der Waals surface area (Å²) in [5.74, 6) is 2.88. The van der Waals surface area contributed by atoms with Crippen molar-refractivity contribution in [3.63, 3.8) is 0 Å². The van der Waals surface area contributed by atoms with Crippen molar-refractivity contribution in [2.75, 3.05) is 0 Å². The lowest BCUT2D eigenvalue weighted by Crippen LogP contribution is -2.04. The van der Waals surface area contributed by atoms with Gasteiger partial charge in [-0.3, -0.25) is 0 Å². The maximum Gasteiger partial charge on any atom is 0.416 e. The first-order valence-corrected chi connectivity index (χ1v) is 21.3. The van der Waals surface area contributed by atoms with Crippen molar-refractivity contribution in [3.8, 4) is 52.7 Å². The number of hydrogen-bond acceptors (Lipinski definition) is 9. The number of imidazole rings is 3. The lowest BCUT2D eigenvalue weighted by Gasteiger charge is -2.12. The SMILES string of the molecule is Cc1cccc(Oc2cc(Cn3ccnc3)ccc2C#N)c1.Cc1ccccc1Oc1cc(Cn2ccnc2)ccc1C#N.N#Cc1ccc(Cn2ccnc2)cc1Oc1cccc(C(F)(F)F)c1. The molecule has 0 aliphatic carbocycles. The number of aromatic nitrogens is 6. The summed E-state index contributed by atoms with van der Waals surface area (Å²) >= 11 is 0. The van der Waals surface area contributed by atoms with Gasteiger partial charge in [-0.15, -0.1) is 0 Å². The van der Waals surface area contributed by atoms with Gasteiger partial charge >= 0.3 is 6.18 Å². The van der Waals surface area contributed by atoms with Crippen molar-refractivity contribution in [1.82, 2.24) is 28.7 Å². The molecule has 0 aliphatic heterocycles. The summed E-state index contributed by atoms with van der Waals surface area (Å²) in [6, 6.07) is 42.7. The van der Waals surface area contributed by atoms with Gasteiger partial charge in [-0.25, -0.2) is 15.0 Å². The van der Waals surface area contributed by atoms with E-state index < -0.39 is 11.7 Å². The minimum atomic E-state index is -4.46. The number of halogens is 3. The molecule has 9 aromatic rings. The van der Waals surface area contributed by atoms with E-state index in [1.54, 1.807) is 74.1 Å². The Morgan fingerprint density at radius 1 is 0.478 bits per heavy atom. The molecule has 6 aromatic carbocycles. The smallest absolute Gasteiger partial charge is 0.416 e. The predicted octanol–water partition coefficient (Wildman–Crippen LogP) is 12.4. The standard InChI is InChI=1S/C18H12F3N3O.2C18H15N3O/c19-18(20,21)15-2-1-3-16(9-15)25-17-8-13(4-5-14(17)10-22)11-24-7-6-23-12-24;1-14-3-2-4-17(9-14)22-18-10-15(5-6-16(18)11-19)12-21-8-7-20-13-21;1-14-4-2-3-5-17(14)22-18-10-15(6-7-16(18)11-19)12-21-9-8-20-13-21/h1-9,12H,11H2;2*2-10,13H,12H2,1H3. The van der Waals surface area contributed by atoms with Gasteiger partial charge in [-0.1, -0.05) is 54.6 Å². The predicted molar refractivity (Wildman–Crippen MR) is 251 cm³/mol. The van der Waals surface area contributed by atoms with Gasteiger partial charge in [0.1, 0.15) is 52.7 Å². The molecule has 0 atom stereocenters. The van der Waals surface area contributed by atoms with Gasteiger partial charge in [-0.2, -0.15) is 29.0 Å². The zero-order valence-electron chi connectivity index (χ0n) is 37.3. The number of hydrogen-bond donors (Lipinski definition) is 0. The number of nitrogens with zero attached hydrogens (tertiary/aromatic N) is 9. The monoisotopic (exact) mass is 921 g/mol. The van der Waals surface area contributed by atoms with E-state index in [2.05, 4.69) is 27.1 Å². The fourth-order valence-corrected chi connectivity index (χ4v) is 6.76. The zero-order valence-corrected chi connectivity index (χ0v) is 37.3. The van der Waals surface area contributed by atoms with Crippen molar-refractivity contribution in [1.29, 1.82) is 15.8 Å². The summed E-state index contributed by atoms with van der Waals surface area (Å²) in [5, 5.41) is 27.7. The first-order chi connectivity index (χ1) is 33.5. The van der Waals surface area contributed by atoms with E-state index >= 15 is 0 Å². The second-order valence-corrected chi connectivity index (χ2v) is 15.4. The van der Waals surface area contributed by atoms with E-state index in [9.17, 15) is 29.0 Å². The van der Waals surface area contributed by atoms with Crippen LogP contribution in [0.4, 0.5) is 13.2 Å². The van der Waals surface area contributed by atoms with Crippen LogP contribution >= 0.6 is 0 Å². The average Bonchev–Trinajstić information content (AvgIpc) is 4.17. The molecule has 9 rings (SSSR count). The molecule has 0 unspecified atom stereocenters. The number of para-hydroxylation sites is 1. The van der Waals surface area contributed by atoms with Gasteiger partial charge in [0.15, 0.2) is 0 Å². The molecule has 0 saturated heterocycles. The Hall–Kier alpha value is -9.39. The maximum atomic E-state index is 12.8. The van der Waals surface area contributed by atoms with Crippen LogP contribution in [0.2, 0.25) is 0 Å². The van der Waals surface area contributed by atoms with Gasteiger partial charge in [0.2, 0.25) is 0 Å². The number of aryl methyl sites for hydroxylation is 2. The minimum Gasteiger partial charge on any atom is -0.456 e. The van der Waals surface area contributed by atoms with Crippen LogP contribution in [0.15, 0.2) is 184 Å². The summed E-state index contributed by atoms with van der Waals surface area (Å²) in [7, 11) is 0. The Morgan fingerprint density at radius 2 is 0.913 bits per heavy atom. The maximum absolute atomic E-state index is 12.8. The van der Waals surface area contributed by atoms with Crippen molar-refractivity contribution in [3.05, 3.63) is 234 Å². The van der Waals surface area contributed by atoms with Crippen LogP contribution in [0.25, 0.3) is 0 Å². The summed E-state index contributed by atoms with van der Waals surface area (Å²) in [6.07, 6.45) is 11.4. The Bertz CT molecular complexity index is 3240. The van der Waals surface area contributed by atoms with Crippen LogP contribution in [0.1, 0.15) is 50.1 Å². The molecule has 12 nitrogen and oxygen atoms in total. The Balaban J connectivity index is 0.000000153. The minimum absolute atomic E-state index is 0.0195. The Kier molecular flexibility index (Phi) is 15.6. The van der Waals surface area contributed by atoms with Crippen LogP contribution in [-0.2, 0) is 25.8 Å². The highest BCUT2D eigenvalue weighted by molar-refractivity contribution is 5.50. The highest BCUT2D eigenvalue weighted by Crippen LogP contribution is 2.34. The van der Waals surface area contributed by atoms with E-state index in [0.717, 1.165) is 51.4 Å². The summed E-state index contributed by atoms with van der Waals surface area (Å²) < 4.78 is 61.6. The van der Waals surface area contributed by atoms with Gasteiger partial charge in [-0.05, 0) is 114 Å². The number of nitriles is 3. The molecule has 342 valence electrons. The average molecular weight is 922 g/mol. The largest absolute Gasteiger partial charge is 0.456 e. The van der Waals surface area contributed by atoms with Crippen molar-refractivity contribution in [2.45, 2.75) is 39.7 Å². The number of ether oxygens (including phenoxy) is 3. The molecule has 0 fully saturated rings. The molecular weight excluding hydrogens is 880 g/mol. The molecule has 3 heterocycles. The molecule has 69 heavy (non-hydrogen) atoms. The molecule has 0 spiro atoms. The molecule has 0 N–H and O–H groups in total. The normalized spacial score (nSPS) is 10.5. The first-order valence-electron chi connectivity index (χ1n) is 21.3. The van der Waals surface area contributed by atoms with Crippen LogP contribution in [-0.4, -0.2) is 28.7 Å². The van der Waals surface area contributed by atoms with Crippen molar-refractivity contribution >= 4 is 0 Å². The third-order valence-electron chi connectivity index (χ3n) is 10.2. The molecule has 0 radical (unpaired) electrons. The van der Waals surface area contributed by atoms with Gasteiger partial charge < -0.3 is 27.9 Å². The van der Waals surface area contributed by atoms with Crippen LogP contribution in [0.3, 0.4) is 0 Å². The van der Waals surface area contributed by atoms with Crippen LogP contribution in [0, 0.1) is 47.8 Å².